The number of aromatic hydroxyl groups is 1. The van der Waals surface area contributed by atoms with E-state index in [2.05, 4.69) is 21.2 Å². The number of ether oxygens (including phenoxy) is 1. The molecule has 1 unspecified atom stereocenters. The van der Waals surface area contributed by atoms with Crippen LogP contribution in [0.4, 0.5) is 0 Å². The summed E-state index contributed by atoms with van der Waals surface area (Å²) in [4.78, 5) is 1.95. The van der Waals surface area contributed by atoms with Gasteiger partial charge in [-0.25, -0.2) is 0 Å². The highest BCUT2D eigenvalue weighted by molar-refractivity contribution is 9.10. The maximum absolute atomic E-state index is 10.2. The van der Waals surface area contributed by atoms with Gasteiger partial charge in [0, 0.05) is 24.1 Å². The SMILES string of the molecule is COc1cc(CNCC(C)(O)CN(C)C)c(Br)cc1O. The van der Waals surface area contributed by atoms with Gasteiger partial charge in [-0.05, 0) is 38.7 Å². The maximum Gasteiger partial charge on any atom is 0.160 e. The third-order valence-electron chi connectivity index (χ3n) is 2.83. The van der Waals surface area contributed by atoms with Crippen molar-refractivity contribution >= 4 is 15.9 Å². The van der Waals surface area contributed by atoms with Crippen molar-refractivity contribution in [3.05, 3.63) is 22.2 Å². The molecule has 0 radical (unpaired) electrons. The lowest BCUT2D eigenvalue weighted by atomic mass is 10.1. The Morgan fingerprint density at radius 2 is 2.05 bits per heavy atom. The fourth-order valence-electron chi connectivity index (χ4n) is 2.09. The van der Waals surface area contributed by atoms with E-state index in [1.165, 1.54) is 7.11 Å². The lowest BCUT2D eigenvalue weighted by molar-refractivity contribution is 0.0336. The van der Waals surface area contributed by atoms with Crippen LogP contribution in [0.5, 0.6) is 11.5 Å². The van der Waals surface area contributed by atoms with Crippen LogP contribution in [0.1, 0.15) is 12.5 Å². The first kappa shape index (κ1) is 17.2. The van der Waals surface area contributed by atoms with Crippen LogP contribution in [0.15, 0.2) is 16.6 Å². The lowest BCUT2D eigenvalue weighted by Crippen LogP contribution is -2.45. The minimum absolute atomic E-state index is 0.0997. The molecule has 1 aromatic rings. The van der Waals surface area contributed by atoms with Crippen molar-refractivity contribution in [2.75, 3.05) is 34.3 Å². The molecule has 1 rings (SSSR count). The van der Waals surface area contributed by atoms with E-state index in [0.29, 0.717) is 25.4 Å². The number of methoxy groups -OCH3 is 1. The van der Waals surface area contributed by atoms with Crippen molar-refractivity contribution < 1.29 is 14.9 Å². The molecule has 0 bridgehead atoms. The maximum atomic E-state index is 10.2. The van der Waals surface area contributed by atoms with E-state index in [0.717, 1.165) is 10.0 Å². The second-order valence-corrected chi connectivity index (χ2v) is 6.31. The number of phenolic OH excluding ortho intramolecular Hbond substituents is 1. The summed E-state index contributed by atoms with van der Waals surface area (Å²) < 4.78 is 5.89. The molecule has 1 atom stereocenters. The van der Waals surface area contributed by atoms with Gasteiger partial charge < -0.3 is 25.2 Å². The Hall–Kier alpha value is -0.820. The largest absolute Gasteiger partial charge is 0.504 e. The van der Waals surface area contributed by atoms with Gasteiger partial charge in [0.15, 0.2) is 11.5 Å². The van der Waals surface area contributed by atoms with E-state index >= 15 is 0 Å². The Labute approximate surface area is 128 Å². The number of hydrogen-bond donors (Lipinski definition) is 3. The summed E-state index contributed by atoms with van der Waals surface area (Å²) >= 11 is 3.41. The molecule has 0 saturated carbocycles. The Bertz CT molecular complexity index is 450. The predicted octanol–water partition coefficient (Wildman–Crippen LogP) is 1.57. The summed E-state index contributed by atoms with van der Waals surface area (Å²) in [6.07, 6.45) is 0. The van der Waals surface area contributed by atoms with Gasteiger partial charge in [-0.3, -0.25) is 0 Å². The number of rotatable bonds is 7. The first-order chi connectivity index (χ1) is 9.25. The van der Waals surface area contributed by atoms with Gasteiger partial charge in [0.2, 0.25) is 0 Å². The number of phenols is 1. The van der Waals surface area contributed by atoms with Crippen LogP contribution in [0.25, 0.3) is 0 Å². The second kappa shape index (κ2) is 7.26. The van der Waals surface area contributed by atoms with Crippen LogP contribution in [-0.4, -0.2) is 55.0 Å². The molecular weight excluding hydrogens is 324 g/mol. The molecule has 0 amide bonds. The summed E-state index contributed by atoms with van der Waals surface area (Å²) in [5.74, 6) is 0.535. The third-order valence-corrected chi connectivity index (χ3v) is 3.56. The van der Waals surface area contributed by atoms with Crippen LogP contribution in [0.2, 0.25) is 0 Å². The fourth-order valence-corrected chi connectivity index (χ4v) is 2.56. The second-order valence-electron chi connectivity index (χ2n) is 5.45. The molecule has 0 aliphatic heterocycles. The average Bonchev–Trinajstić information content (AvgIpc) is 2.30. The fraction of sp³-hybridized carbons (Fsp3) is 0.571. The van der Waals surface area contributed by atoms with Gasteiger partial charge in [-0.2, -0.15) is 0 Å². The van der Waals surface area contributed by atoms with E-state index in [1.807, 2.05) is 19.0 Å². The van der Waals surface area contributed by atoms with Crippen LogP contribution in [0, 0.1) is 0 Å². The molecule has 5 nitrogen and oxygen atoms in total. The van der Waals surface area contributed by atoms with Gasteiger partial charge in [0.1, 0.15) is 0 Å². The summed E-state index contributed by atoms with van der Waals surface area (Å²) in [6.45, 7) is 3.42. The number of likely N-dealkylation sites (N-methyl/N-ethyl adjacent to an activating group) is 1. The van der Waals surface area contributed by atoms with E-state index in [1.54, 1.807) is 19.1 Å². The molecule has 3 N–H and O–H groups in total. The number of halogens is 1. The first-order valence-corrected chi connectivity index (χ1v) is 7.17. The van der Waals surface area contributed by atoms with E-state index in [-0.39, 0.29) is 5.75 Å². The van der Waals surface area contributed by atoms with Crippen molar-refractivity contribution in [1.29, 1.82) is 0 Å². The molecule has 1 aromatic carbocycles. The summed E-state index contributed by atoms with van der Waals surface area (Å²) in [6, 6.07) is 3.38. The highest BCUT2D eigenvalue weighted by Crippen LogP contribution is 2.32. The Morgan fingerprint density at radius 3 is 2.60 bits per heavy atom. The molecule has 0 aliphatic rings. The Balaban J connectivity index is 2.62. The zero-order valence-electron chi connectivity index (χ0n) is 12.4. The Kier molecular flexibility index (Phi) is 6.26. The summed E-state index contributed by atoms with van der Waals surface area (Å²) in [5.41, 5.74) is 0.164. The number of benzene rings is 1. The zero-order valence-corrected chi connectivity index (χ0v) is 14.0. The number of hydrogen-bond acceptors (Lipinski definition) is 5. The minimum atomic E-state index is -0.795. The topological polar surface area (TPSA) is 65.0 Å². The van der Waals surface area contributed by atoms with Crippen molar-refractivity contribution in [3.63, 3.8) is 0 Å². The standard InChI is InChI=1S/C14H23BrN2O3/c1-14(19,9-17(2)3)8-16-7-10-5-13(20-4)12(18)6-11(10)15/h5-6,16,18-19H,7-9H2,1-4H3. The van der Waals surface area contributed by atoms with E-state index in [4.69, 9.17) is 4.74 Å². The molecule has 0 aromatic heterocycles. The van der Waals surface area contributed by atoms with Crippen LogP contribution in [0.3, 0.4) is 0 Å². The molecule has 0 spiro atoms. The molecule has 6 heteroatoms. The van der Waals surface area contributed by atoms with E-state index < -0.39 is 5.60 Å². The van der Waals surface area contributed by atoms with Gasteiger partial charge in [0.05, 0.1) is 12.7 Å². The minimum Gasteiger partial charge on any atom is -0.504 e. The van der Waals surface area contributed by atoms with Crippen LogP contribution >= 0.6 is 15.9 Å². The van der Waals surface area contributed by atoms with Crippen molar-refractivity contribution in [3.8, 4) is 11.5 Å². The number of nitrogens with zero attached hydrogens (tertiary/aromatic N) is 1. The summed E-state index contributed by atoms with van der Waals surface area (Å²) in [7, 11) is 5.37. The molecule has 0 fully saturated rings. The summed E-state index contributed by atoms with van der Waals surface area (Å²) in [5, 5.41) is 23.1. The monoisotopic (exact) mass is 346 g/mol. The average molecular weight is 347 g/mol. The van der Waals surface area contributed by atoms with Crippen molar-refractivity contribution in [1.82, 2.24) is 10.2 Å². The first-order valence-electron chi connectivity index (χ1n) is 6.38. The number of nitrogens with one attached hydrogen (secondary N) is 1. The quantitative estimate of drug-likeness (QED) is 0.699. The van der Waals surface area contributed by atoms with Crippen LogP contribution in [-0.2, 0) is 6.54 Å². The van der Waals surface area contributed by atoms with Gasteiger partial charge in [0.25, 0.3) is 0 Å². The Morgan fingerprint density at radius 1 is 1.40 bits per heavy atom. The molecule has 20 heavy (non-hydrogen) atoms. The predicted molar refractivity (Wildman–Crippen MR) is 83.2 cm³/mol. The van der Waals surface area contributed by atoms with Crippen LogP contribution < -0.4 is 10.1 Å². The molecule has 114 valence electrons. The smallest absolute Gasteiger partial charge is 0.160 e. The van der Waals surface area contributed by atoms with Gasteiger partial charge in [-0.15, -0.1) is 0 Å². The molecular formula is C14H23BrN2O3. The zero-order chi connectivity index (χ0) is 15.3. The van der Waals surface area contributed by atoms with Crippen molar-refractivity contribution in [2.24, 2.45) is 0 Å². The highest BCUT2D eigenvalue weighted by Gasteiger charge is 2.20. The van der Waals surface area contributed by atoms with E-state index in [9.17, 15) is 10.2 Å². The molecule has 0 aliphatic carbocycles. The molecule has 0 heterocycles. The highest BCUT2D eigenvalue weighted by atomic mass is 79.9. The lowest BCUT2D eigenvalue weighted by Gasteiger charge is -2.27. The third kappa shape index (κ3) is 5.28. The van der Waals surface area contributed by atoms with Gasteiger partial charge >= 0.3 is 0 Å². The normalized spacial score (nSPS) is 14.3. The molecule has 0 saturated heterocycles. The number of aliphatic hydroxyl groups is 1. The van der Waals surface area contributed by atoms with Gasteiger partial charge in [-0.1, -0.05) is 15.9 Å². The van der Waals surface area contributed by atoms with Crippen molar-refractivity contribution in [2.45, 2.75) is 19.1 Å².